The van der Waals surface area contributed by atoms with E-state index in [0.29, 0.717) is 31.3 Å². The minimum Gasteiger partial charge on any atom is -0.444 e. The Morgan fingerprint density at radius 2 is 1.76 bits per heavy atom. The Hall–Kier alpha value is -3.76. The van der Waals surface area contributed by atoms with Crippen LogP contribution in [-0.4, -0.2) is 85.0 Å². The molecular weight excluding hydrogens is 550 g/mol. The van der Waals surface area contributed by atoms with Crippen LogP contribution in [0.1, 0.15) is 47.1 Å². The zero-order valence-corrected chi connectivity index (χ0v) is 26.2. The first-order valence-electron chi connectivity index (χ1n) is 14.3. The van der Waals surface area contributed by atoms with Crippen LogP contribution in [0.25, 0.3) is 11.3 Å². The fourth-order valence-electron chi connectivity index (χ4n) is 4.93. The first-order chi connectivity index (χ1) is 19.9. The summed E-state index contributed by atoms with van der Waals surface area (Å²) in [7, 11) is 2.12. The lowest BCUT2D eigenvalue weighted by Gasteiger charge is -2.35. The van der Waals surface area contributed by atoms with Crippen LogP contribution in [0, 0.1) is 13.8 Å². The van der Waals surface area contributed by atoms with Crippen molar-refractivity contribution in [2.45, 2.75) is 46.6 Å². The third-order valence-electron chi connectivity index (χ3n) is 7.23. The van der Waals surface area contributed by atoms with E-state index in [1.165, 1.54) is 22.6 Å². The summed E-state index contributed by atoms with van der Waals surface area (Å²) < 4.78 is 5.43. The van der Waals surface area contributed by atoms with Crippen LogP contribution in [-0.2, 0) is 16.0 Å². The highest BCUT2D eigenvalue weighted by Crippen LogP contribution is 2.35. The minimum absolute atomic E-state index is 0.0865. The molecule has 1 aromatic heterocycles. The van der Waals surface area contributed by atoms with E-state index in [-0.39, 0.29) is 18.5 Å². The van der Waals surface area contributed by atoms with E-state index in [9.17, 15) is 14.4 Å². The molecule has 1 N–H and O–H groups in total. The van der Waals surface area contributed by atoms with E-state index in [1.807, 2.05) is 58.9 Å². The van der Waals surface area contributed by atoms with Gasteiger partial charge in [0.05, 0.1) is 12.2 Å². The Bertz CT molecular complexity index is 1420. The molecule has 0 spiro atoms. The van der Waals surface area contributed by atoms with E-state index in [4.69, 9.17) is 9.72 Å². The number of amides is 2. The highest BCUT2D eigenvalue weighted by atomic mass is 32.1. The summed E-state index contributed by atoms with van der Waals surface area (Å²) in [5.74, 6) is -0.0865. The molecule has 2 aliphatic rings. The third kappa shape index (κ3) is 8.17. The molecule has 2 amide bonds. The maximum Gasteiger partial charge on any atom is 0.410 e. The van der Waals surface area contributed by atoms with Crippen molar-refractivity contribution in [1.82, 2.24) is 14.8 Å². The van der Waals surface area contributed by atoms with Crippen molar-refractivity contribution in [2.75, 3.05) is 56.5 Å². The molecule has 9 nitrogen and oxygen atoms in total. The van der Waals surface area contributed by atoms with Gasteiger partial charge in [0.2, 0.25) is 5.91 Å². The van der Waals surface area contributed by atoms with Crippen LogP contribution in [0.5, 0.6) is 0 Å². The summed E-state index contributed by atoms with van der Waals surface area (Å²) in [6.07, 6.45) is 1.62. The summed E-state index contributed by atoms with van der Waals surface area (Å²) in [4.78, 5) is 46.9. The number of anilines is 2. The molecule has 2 aliphatic heterocycles. The highest BCUT2D eigenvalue weighted by molar-refractivity contribution is 7.16. The van der Waals surface area contributed by atoms with Gasteiger partial charge in [-0.2, -0.15) is 0 Å². The number of benzene rings is 2. The van der Waals surface area contributed by atoms with Gasteiger partial charge in [-0.25, -0.2) is 9.78 Å². The van der Waals surface area contributed by atoms with Gasteiger partial charge in [0.1, 0.15) is 11.9 Å². The fraction of sp³-hybridized carbons (Fsp3) is 0.438. The fourth-order valence-corrected chi connectivity index (χ4v) is 5.78. The monoisotopic (exact) mass is 591 g/mol. The number of thiazole rings is 1. The van der Waals surface area contributed by atoms with E-state index < -0.39 is 5.60 Å². The topological polar surface area (TPSA) is 95.1 Å². The average molecular weight is 592 g/mol. The number of nitrogens with one attached hydrogen (secondary N) is 1. The number of hydrogen-bond donors (Lipinski definition) is 1. The van der Waals surface area contributed by atoms with Gasteiger partial charge in [-0.05, 0) is 64.3 Å². The van der Waals surface area contributed by atoms with Crippen LogP contribution < -0.4 is 10.2 Å². The Kier molecular flexibility index (Phi) is 10.0. The molecule has 224 valence electrons. The molecule has 0 aliphatic carbocycles. The zero-order chi connectivity index (χ0) is 30.4. The number of aromatic nitrogens is 1. The van der Waals surface area contributed by atoms with Crippen LogP contribution in [0.15, 0.2) is 42.5 Å². The van der Waals surface area contributed by atoms with Gasteiger partial charge in [-0.3, -0.25) is 14.5 Å². The molecule has 3 heterocycles. The quantitative estimate of drug-likeness (QED) is 0.397. The molecule has 0 unspecified atom stereocenters. The predicted molar refractivity (Wildman–Crippen MR) is 169 cm³/mol. The van der Waals surface area contributed by atoms with Gasteiger partial charge >= 0.3 is 6.09 Å². The van der Waals surface area contributed by atoms with E-state index >= 15 is 0 Å². The third-order valence-corrected chi connectivity index (χ3v) is 8.12. The normalized spacial score (nSPS) is 15.0. The van der Waals surface area contributed by atoms with Crippen molar-refractivity contribution in [2.24, 2.45) is 0 Å². The molecule has 0 atom stereocenters. The molecule has 10 heteroatoms. The predicted octanol–water partition coefficient (Wildman–Crippen LogP) is 5.41. The Balaban J connectivity index is 0.000000385. The van der Waals surface area contributed by atoms with Crippen LogP contribution >= 0.6 is 11.3 Å². The second-order valence-electron chi connectivity index (χ2n) is 11.7. The maximum atomic E-state index is 12.6. The molecule has 0 bridgehead atoms. The number of fused-ring (bicyclic) bond motifs is 1. The number of nitrogens with zero attached hydrogens (tertiary/aromatic N) is 4. The SMILES string of the molecule is Cc1ccccc1C=O.Cc1sc(NC(=O)CN2CCN(C(=O)OC(C)(C)C)CC2)nc1-c1ccc2c(c1)CCN2C. The number of aryl methyl sites for hydroxylation is 2. The number of hydrogen-bond acceptors (Lipinski definition) is 8. The van der Waals surface area contributed by atoms with E-state index in [2.05, 4.69) is 40.4 Å². The van der Waals surface area contributed by atoms with Crippen LogP contribution in [0.3, 0.4) is 0 Å². The van der Waals surface area contributed by atoms with Crippen LogP contribution in [0.2, 0.25) is 0 Å². The molecule has 1 fully saturated rings. The zero-order valence-electron chi connectivity index (χ0n) is 25.4. The van der Waals surface area contributed by atoms with E-state index in [0.717, 1.165) is 46.5 Å². The Morgan fingerprint density at radius 3 is 2.40 bits per heavy atom. The Morgan fingerprint density at radius 1 is 1.05 bits per heavy atom. The molecule has 0 radical (unpaired) electrons. The second kappa shape index (κ2) is 13.5. The second-order valence-corrected chi connectivity index (χ2v) is 12.9. The molecular formula is C32H41N5O4S. The largest absolute Gasteiger partial charge is 0.444 e. The smallest absolute Gasteiger partial charge is 0.410 e. The number of aldehydes is 1. The van der Waals surface area contributed by atoms with Gasteiger partial charge in [-0.15, -0.1) is 11.3 Å². The van der Waals surface area contributed by atoms with E-state index in [1.54, 1.807) is 4.90 Å². The van der Waals surface area contributed by atoms with Crippen molar-refractivity contribution in [3.8, 4) is 11.3 Å². The lowest BCUT2D eigenvalue weighted by atomic mass is 10.1. The summed E-state index contributed by atoms with van der Waals surface area (Å²) in [5.41, 5.74) is 5.96. The number of piperazine rings is 1. The van der Waals surface area contributed by atoms with Crippen LogP contribution in [0.4, 0.5) is 15.6 Å². The number of rotatable bonds is 5. The number of carbonyl (C=O) groups excluding carboxylic acids is 3. The number of likely N-dealkylation sites (N-methyl/N-ethyl adjacent to an activating group) is 1. The standard InChI is InChI=1S/C24H33N5O3S.C8H8O/c1-16-21(18-6-7-19-17(14-18)8-9-27(19)5)26-22(33-16)25-20(30)15-28-10-12-29(13-11-28)23(31)32-24(2,3)4;1-7-4-2-3-5-8(7)6-9/h6-7,14H,8-13,15H2,1-5H3,(H,25,26,30);2-6H,1H3. The van der Waals surface area contributed by atoms with Gasteiger partial charge in [0.15, 0.2) is 5.13 Å². The maximum absolute atomic E-state index is 12.6. The molecule has 42 heavy (non-hydrogen) atoms. The summed E-state index contributed by atoms with van der Waals surface area (Å²) in [6.45, 7) is 13.2. The molecule has 5 rings (SSSR count). The molecule has 1 saturated heterocycles. The number of ether oxygens (including phenoxy) is 1. The van der Waals surface area contributed by atoms with Crippen molar-refractivity contribution in [1.29, 1.82) is 0 Å². The first kappa shape index (κ1) is 31.2. The molecule has 0 saturated carbocycles. The van der Waals surface area contributed by atoms with Crippen molar-refractivity contribution < 1.29 is 19.1 Å². The van der Waals surface area contributed by atoms with Gasteiger partial charge in [0, 0.05) is 61.5 Å². The highest BCUT2D eigenvalue weighted by Gasteiger charge is 2.27. The van der Waals surface area contributed by atoms with Gasteiger partial charge in [0.25, 0.3) is 0 Å². The summed E-state index contributed by atoms with van der Waals surface area (Å²) >= 11 is 1.50. The minimum atomic E-state index is -0.505. The van der Waals surface area contributed by atoms with Gasteiger partial charge < -0.3 is 19.9 Å². The lowest BCUT2D eigenvalue weighted by Crippen LogP contribution is -2.51. The molecule has 3 aromatic rings. The summed E-state index contributed by atoms with van der Waals surface area (Å²) in [5, 5.41) is 3.58. The van der Waals surface area contributed by atoms with Crippen molar-refractivity contribution in [3.63, 3.8) is 0 Å². The lowest BCUT2D eigenvalue weighted by molar-refractivity contribution is -0.117. The first-order valence-corrected chi connectivity index (χ1v) is 15.1. The summed E-state index contributed by atoms with van der Waals surface area (Å²) in [6, 6.07) is 14.0. The Labute approximate surface area is 252 Å². The van der Waals surface area contributed by atoms with Crippen molar-refractivity contribution in [3.05, 3.63) is 64.0 Å². The van der Waals surface area contributed by atoms with Crippen molar-refractivity contribution >= 4 is 40.4 Å². The number of carbonyl (C=O) groups is 3. The average Bonchev–Trinajstić information content (AvgIpc) is 3.49. The molecule has 2 aromatic carbocycles. The van der Waals surface area contributed by atoms with Gasteiger partial charge in [-0.1, -0.05) is 30.3 Å².